The van der Waals surface area contributed by atoms with Crippen LogP contribution in [0.4, 0.5) is 5.69 Å². The number of nitrogens with zero attached hydrogens (tertiary/aromatic N) is 1. The highest BCUT2D eigenvalue weighted by atomic mass is 32.2. The van der Waals surface area contributed by atoms with Gasteiger partial charge in [0.05, 0.1) is 25.6 Å². The van der Waals surface area contributed by atoms with Crippen LogP contribution in [0, 0.1) is 6.92 Å². The average Bonchev–Trinajstić information content (AvgIpc) is 2.74. The van der Waals surface area contributed by atoms with Crippen LogP contribution in [-0.2, 0) is 21.2 Å². The fourth-order valence-electron chi connectivity index (χ4n) is 3.11. The van der Waals surface area contributed by atoms with Gasteiger partial charge in [0.2, 0.25) is 15.9 Å². The molecule has 2 aromatic carbocycles. The van der Waals surface area contributed by atoms with Gasteiger partial charge >= 0.3 is 0 Å². The number of nitrogens with one attached hydrogen (secondary N) is 1. The number of rotatable bonds is 12. The zero-order valence-corrected chi connectivity index (χ0v) is 19.5. The van der Waals surface area contributed by atoms with Crippen molar-refractivity contribution in [3.63, 3.8) is 0 Å². The summed E-state index contributed by atoms with van der Waals surface area (Å²) in [5.41, 5.74) is 2.64. The highest BCUT2D eigenvalue weighted by Crippen LogP contribution is 2.31. The number of hydrogen-bond donors (Lipinski definition) is 1. The maximum Gasteiger partial charge on any atom is 0.232 e. The van der Waals surface area contributed by atoms with Gasteiger partial charge in [-0.15, -0.1) is 0 Å². The number of anilines is 1. The first-order valence-electron chi connectivity index (χ1n) is 10.4. The van der Waals surface area contributed by atoms with Crippen molar-refractivity contribution in [2.45, 2.75) is 33.1 Å². The van der Waals surface area contributed by atoms with Crippen molar-refractivity contribution in [1.82, 2.24) is 5.32 Å². The molecule has 0 bridgehead atoms. The zero-order valence-electron chi connectivity index (χ0n) is 18.7. The van der Waals surface area contributed by atoms with Crippen molar-refractivity contribution >= 4 is 21.6 Å². The largest absolute Gasteiger partial charge is 0.495 e. The molecule has 0 heterocycles. The van der Waals surface area contributed by atoms with E-state index >= 15 is 0 Å². The molecular weight excluding hydrogens is 416 g/mol. The molecular formula is C23H32N2O5S. The maximum atomic E-state index is 12.3. The van der Waals surface area contributed by atoms with E-state index in [4.69, 9.17) is 9.47 Å². The van der Waals surface area contributed by atoms with Gasteiger partial charge in [-0.3, -0.25) is 9.10 Å². The Hall–Kier alpha value is -2.74. The summed E-state index contributed by atoms with van der Waals surface area (Å²) in [4.78, 5) is 12.1. The molecule has 7 nitrogen and oxygen atoms in total. The fourth-order valence-corrected chi connectivity index (χ4v) is 4.07. The summed E-state index contributed by atoms with van der Waals surface area (Å²) in [6, 6.07) is 13.2. The van der Waals surface area contributed by atoms with Gasteiger partial charge in [0.1, 0.15) is 18.1 Å². The number of hydrogen-bond acceptors (Lipinski definition) is 5. The predicted molar refractivity (Wildman–Crippen MR) is 123 cm³/mol. The lowest BCUT2D eigenvalue weighted by Crippen LogP contribution is -2.33. The van der Waals surface area contributed by atoms with E-state index in [0.717, 1.165) is 24.0 Å². The van der Waals surface area contributed by atoms with E-state index in [1.54, 1.807) is 12.1 Å². The highest BCUT2D eigenvalue weighted by molar-refractivity contribution is 7.92. The lowest BCUT2D eigenvalue weighted by molar-refractivity contribution is -0.121. The monoisotopic (exact) mass is 448 g/mol. The molecule has 2 rings (SSSR count). The van der Waals surface area contributed by atoms with E-state index in [-0.39, 0.29) is 18.9 Å². The number of aryl methyl sites for hydroxylation is 2. The van der Waals surface area contributed by atoms with Crippen molar-refractivity contribution in [3.05, 3.63) is 53.6 Å². The van der Waals surface area contributed by atoms with Crippen LogP contribution in [0.3, 0.4) is 0 Å². The molecule has 0 aliphatic carbocycles. The summed E-state index contributed by atoms with van der Waals surface area (Å²) in [6.45, 7) is 4.92. The zero-order chi connectivity index (χ0) is 22.9. The standard InChI is InChI=1S/C23H32N2O5S/c1-5-19-9-11-20(12-10-19)30-16-14-24-23(26)7-6-15-25(31(4,27)28)21-17-18(2)8-13-22(21)29-3/h8-13,17H,5-7,14-16H2,1-4H3,(H,24,26). The molecule has 0 spiro atoms. The van der Waals surface area contributed by atoms with Crippen molar-refractivity contribution in [2.24, 2.45) is 0 Å². The van der Waals surface area contributed by atoms with Crippen LogP contribution in [-0.4, -0.2) is 47.4 Å². The number of benzene rings is 2. The van der Waals surface area contributed by atoms with Crippen molar-refractivity contribution in [3.8, 4) is 11.5 Å². The number of carbonyl (C=O) groups excluding carboxylic acids is 1. The third kappa shape index (κ3) is 7.79. The van der Waals surface area contributed by atoms with E-state index in [2.05, 4.69) is 12.2 Å². The third-order valence-corrected chi connectivity index (χ3v) is 5.97. The molecule has 0 aliphatic rings. The Morgan fingerprint density at radius 1 is 1.13 bits per heavy atom. The average molecular weight is 449 g/mol. The second-order valence-corrected chi connectivity index (χ2v) is 9.22. The minimum atomic E-state index is -3.52. The summed E-state index contributed by atoms with van der Waals surface area (Å²) in [7, 11) is -2.02. The molecule has 1 amide bonds. The Labute approximate surface area is 185 Å². The van der Waals surface area contributed by atoms with Crippen molar-refractivity contribution < 1.29 is 22.7 Å². The summed E-state index contributed by atoms with van der Waals surface area (Å²) in [5.74, 6) is 1.10. The quantitative estimate of drug-likeness (QED) is 0.504. The topological polar surface area (TPSA) is 84.9 Å². The molecule has 31 heavy (non-hydrogen) atoms. The molecule has 0 saturated carbocycles. The Balaban J connectivity index is 1.81. The predicted octanol–water partition coefficient (Wildman–Crippen LogP) is 3.31. The summed E-state index contributed by atoms with van der Waals surface area (Å²) in [6.07, 6.45) is 2.73. The van der Waals surface area contributed by atoms with E-state index in [0.29, 0.717) is 31.0 Å². The minimum Gasteiger partial charge on any atom is -0.495 e. The lowest BCUT2D eigenvalue weighted by Gasteiger charge is -2.24. The Kier molecular flexibility index (Phi) is 9.18. The molecule has 0 unspecified atom stereocenters. The molecule has 0 saturated heterocycles. The second-order valence-electron chi connectivity index (χ2n) is 7.31. The van der Waals surface area contributed by atoms with Crippen LogP contribution >= 0.6 is 0 Å². The third-order valence-electron chi connectivity index (χ3n) is 4.79. The molecule has 0 radical (unpaired) electrons. The van der Waals surface area contributed by atoms with Gasteiger partial charge in [-0.2, -0.15) is 0 Å². The van der Waals surface area contributed by atoms with Crippen molar-refractivity contribution in [2.75, 3.05) is 37.4 Å². The highest BCUT2D eigenvalue weighted by Gasteiger charge is 2.21. The fraction of sp³-hybridized carbons (Fsp3) is 0.435. The Morgan fingerprint density at radius 2 is 1.84 bits per heavy atom. The van der Waals surface area contributed by atoms with Crippen LogP contribution < -0.4 is 19.1 Å². The maximum absolute atomic E-state index is 12.3. The van der Waals surface area contributed by atoms with E-state index in [1.807, 2.05) is 37.3 Å². The molecule has 0 aromatic heterocycles. The first kappa shape index (κ1) is 24.5. The normalized spacial score (nSPS) is 11.1. The van der Waals surface area contributed by atoms with E-state index < -0.39 is 10.0 Å². The Morgan fingerprint density at radius 3 is 2.45 bits per heavy atom. The summed E-state index contributed by atoms with van der Waals surface area (Å²) in [5, 5.41) is 2.80. The van der Waals surface area contributed by atoms with Gasteiger partial charge in [-0.1, -0.05) is 25.1 Å². The smallest absolute Gasteiger partial charge is 0.232 e. The molecule has 170 valence electrons. The van der Waals surface area contributed by atoms with E-state index in [9.17, 15) is 13.2 Å². The number of amides is 1. The second kappa shape index (κ2) is 11.6. The van der Waals surface area contributed by atoms with Crippen LogP contribution in [0.1, 0.15) is 30.9 Å². The van der Waals surface area contributed by atoms with Crippen molar-refractivity contribution in [1.29, 1.82) is 0 Å². The van der Waals surface area contributed by atoms with Gasteiger partial charge < -0.3 is 14.8 Å². The molecule has 1 N–H and O–H groups in total. The number of carbonyl (C=O) groups is 1. The Bertz CT molecular complexity index is 958. The van der Waals surface area contributed by atoms with Gasteiger partial charge in [-0.25, -0.2) is 8.42 Å². The van der Waals surface area contributed by atoms with Gasteiger partial charge in [0.15, 0.2) is 0 Å². The SMILES string of the molecule is CCc1ccc(OCCNC(=O)CCCN(c2cc(C)ccc2OC)S(C)(=O)=O)cc1. The molecule has 8 heteroatoms. The van der Waals surface area contributed by atoms with Crippen LogP contribution in [0.25, 0.3) is 0 Å². The van der Waals surface area contributed by atoms with Crippen LogP contribution in [0.5, 0.6) is 11.5 Å². The molecule has 2 aromatic rings. The molecule has 0 atom stereocenters. The number of sulfonamides is 1. The number of methoxy groups -OCH3 is 1. The molecule has 0 aliphatic heterocycles. The number of ether oxygens (including phenoxy) is 2. The first-order valence-corrected chi connectivity index (χ1v) is 12.2. The minimum absolute atomic E-state index is 0.144. The summed E-state index contributed by atoms with van der Waals surface area (Å²) < 4.78 is 36.9. The summed E-state index contributed by atoms with van der Waals surface area (Å²) >= 11 is 0. The van der Waals surface area contributed by atoms with Gasteiger partial charge in [0, 0.05) is 13.0 Å². The van der Waals surface area contributed by atoms with E-state index in [1.165, 1.54) is 17.0 Å². The van der Waals surface area contributed by atoms with Crippen LogP contribution in [0.15, 0.2) is 42.5 Å². The van der Waals surface area contributed by atoms with Gasteiger partial charge in [-0.05, 0) is 55.2 Å². The lowest BCUT2D eigenvalue weighted by atomic mass is 10.2. The van der Waals surface area contributed by atoms with Gasteiger partial charge in [0.25, 0.3) is 0 Å². The first-order chi connectivity index (χ1) is 14.7. The molecule has 0 fully saturated rings. The van der Waals surface area contributed by atoms with Crippen LogP contribution in [0.2, 0.25) is 0 Å².